The molecule has 7 nitrogen and oxygen atoms in total. The highest BCUT2D eigenvalue weighted by Crippen LogP contribution is 2.25. The van der Waals surface area contributed by atoms with E-state index >= 15 is 0 Å². The topological polar surface area (TPSA) is 54.5 Å². The lowest BCUT2D eigenvalue weighted by Crippen LogP contribution is -2.51. The molecule has 2 saturated heterocycles. The van der Waals surface area contributed by atoms with Gasteiger partial charge in [-0.25, -0.2) is 0 Å². The number of ether oxygens (including phenoxy) is 3. The summed E-state index contributed by atoms with van der Waals surface area (Å²) in [5.41, 5.74) is 1.11. The number of morpholine rings is 1. The Hall–Kier alpha value is -1.83. The van der Waals surface area contributed by atoms with Crippen LogP contribution in [0.5, 0.6) is 11.5 Å². The van der Waals surface area contributed by atoms with Crippen molar-refractivity contribution in [1.82, 2.24) is 14.7 Å². The van der Waals surface area contributed by atoms with Crippen LogP contribution in [0.4, 0.5) is 0 Å². The minimum Gasteiger partial charge on any atom is -0.497 e. The number of carbonyl (C=O) groups is 1. The lowest BCUT2D eigenvalue weighted by Gasteiger charge is -2.37. The molecular formula is C21H33N3O4. The number of hydrogen-bond donors (Lipinski definition) is 0. The summed E-state index contributed by atoms with van der Waals surface area (Å²) in [5.74, 6) is 2.01. The molecule has 0 aromatic heterocycles. The minimum atomic E-state index is 0.0307. The van der Waals surface area contributed by atoms with E-state index < -0.39 is 0 Å². The van der Waals surface area contributed by atoms with Gasteiger partial charge in [0.2, 0.25) is 5.91 Å². The van der Waals surface area contributed by atoms with Crippen LogP contribution in [-0.4, -0.2) is 93.9 Å². The van der Waals surface area contributed by atoms with Crippen LogP contribution in [0.3, 0.4) is 0 Å². The Morgan fingerprint density at radius 3 is 2.39 bits per heavy atom. The molecule has 0 bridgehead atoms. The molecule has 3 rings (SSSR count). The Morgan fingerprint density at radius 2 is 1.75 bits per heavy atom. The molecule has 2 heterocycles. The molecule has 156 valence electrons. The lowest BCUT2D eigenvalue weighted by molar-refractivity contribution is -0.137. The summed E-state index contributed by atoms with van der Waals surface area (Å²) < 4.78 is 16.2. The van der Waals surface area contributed by atoms with Gasteiger partial charge in [0, 0.05) is 63.8 Å². The van der Waals surface area contributed by atoms with E-state index in [1.54, 1.807) is 14.2 Å². The molecule has 2 aliphatic rings. The fourth-order valence-electron chi connectivity index (χ4n) is 3.93. The fourth-order valence-corrected chi connectivity index (χ4v) is 3.93. The summed E-state index contributed by atoms with van der Waals surface area (Å²) in [6, 6.07) is 5.89. The Kier molecular flexibility index (Phi) is 7.53. The maximum absolute atomic E-state index is 12.8. The Balaban J connectivity index is 1.49. The molecule has 0 radical (unpaired) electrons. The number of amides is 1. The van der Waals surface area contributed by atoms with Crippen molar-refractivity contribution in [2.75, 3.05) is 73.2 Å². The van der Waals surface area contributed by atoms with E-state index in [4.69, 9.17) is 14.2 Å². The van der Waals surface area contributed by atoms with Crippen LogP contribution in [0.15, 0.2) is 18.2 Å². The second kappa shape index (κ2) is 10.1. The summed E-state index contributed by atoms with van der Waals surface area (Å²) in [7, 11) is 3.37. The third-order valence-corrected chi connectivity index (χ3v) is 5.62. The fraction of sp³-hybridized carbons (Fsp3) is 0.667. The maximum Gasteiger partial charge on any atom is 0.226 e. The molecule has 0 N–H and O–H groups in total. The van der Waals surface area contributed by atoms with Crippen molar-refractivity contribution >= 4 is 5.91 Å². The molecule has 1 aromatic carbocycles. The molecular weight excluding hydrogens is 358 g/mol. The smallest absolute Gasteiger partial charge is 0.226 e. The van der Waals surface area contributed by atoms with Crippen molar-refractivity contribution in [2.45, 2.75) is 13.5 Å². The third kappa shape index (κ3) is 5.37. The zero-order valence-electron chi connectivity index (χ0n) is 17.4. The van der Waals surface area contributed by atoms with Crippen LogP contribution < -0.4 is 9.47 Å². The van der Waals surface area contributed by atoms with E-state index in [0.29, 0.717) is 0 Å². The number of methoxy groups -OCH3 is 2. The average Bonchev–Trinajstić information content (AvgIpc) is 2.74. The van der Waals surface area contributed by atoms with Gasteiger partial charge in [-0.1, -0.05) is 6.92 Å². The summed E-state index contributed by atoms with van der Waals surface area (Å²) in [6.45, 7) is 10.4. The van der Waals surface area contributed by atoms with E-state index in [-0.39, 0.29) is 11.8 Å². The SMILES string of the molecule is COc1ccc(OC)c(CN2CCN(C(=O)C(C)CN3CCOCC3)CC2)c1. The van der Waals surface area contributed by atoms with Gasteiger partial charge < -0.3 is 19.1 Å². The van der Waals surface area contributed by atoms with E-state index in [0.717, 1.165) is 82.6 Å². The van der Waals surface area contributed by atoms with Gasteiger partial charge >= 0.3 is 0 Å². The number of nitrogens with zero attached hydrogens (tertiary/aromatic N) is 3. The zero-order valence-corrected chi connectivity index (χ0v) is 17.4. The number of hydrogen-bond acceptors (Lipinski definition) is 6. The summed E-state index contributed by atoms with van der Waals surface area (Å²) in [6.07, 6.45) is 0. The van der Waals surface area contributed by atoms with Crippen LogP contribution >= 0.6 is 0 Å². The second-order valence-electron chi connectivity index (χ2n) is 7.59. The van der Waals surface area contributed by atoms with Crippen molar-refractivity contribution in [3.8, 4) is 11.5 Å². The molecule has 28 heavy (non-hydrogen) atoms. The largest absolute Gasteiger partial charge is 0.497 e. The normalized spacial score (nSPS) is 20.0. The predicted octanol–water partition coefficient (Wildman–Crippen LogP) is 1.32. The van der Waals surface area contributed by atoms with Crippen molar-refractivity contribution in [1.29, 1.82) is 0 Å². The zero-order chi connectivity index (χ0) is 19.9. The van der Waals surface area contributed by atoms with E-state index in [1.807, 2.05) is 30.0 Å². The molecule has 1 amide bonds. The first-order valence-electron chi connectivity index (χ1n) is 10.1. The Bertz CT molecular complexity index is 641. The van der Waals surface area contributed by atoms with E-state index in [1.165, 1.54) is 0 Å². The van der Waals surface area contributed by atoms with Gasteiger partial charge in [0.05, 0.1) is 27.4 Å². The molecule has 1 unspecified atom stereocenters. The standard InChI is InChI=1S/C21H33N3O4/c1-17(15-23-10-12-28-13-11-23)21(25)24-8-6-22(7-9-24)16-18-14-19(26-2)4-5-20(18)27-3/h4-5,14,17H,6-13,15-16H2,1-3H3. The van der Waals surface area contributed by atoms with Gasteiger partial charge in [0.1, 0.15) is 11.5 Å². The van der Waals surface area contributed by atoms with Gasteiger partial charge in [-0.3, -0.25) is 14.6 Å². The predicted molar refractivity (Wildman–Crippen MR) is 108 cm³/mol. The van der Waals surface area contributed by atoms with Gasteiger partial charge in [0.15, 0.2) is 0 Å². The summed E-state index contributed by atoms with van der Waals surface area (Å²) in [5, 5.41) is 0. The van der Waals surface area contributed by atoms with Crippen LogP contribution in [0.2, 0.25) is 0 Å². The molecule has 2 fully saturated rings. The lowest BCUT2D eigenvalue weighted by atomic mass is 10.1. The van der Waals surface area contributed by atoms with Crippen molar-refractivity contribution in [3.63, 3.8) is 0 Å². The summed E-state index contributed by atoms with van der Waals surface area (Å²) in [4.78, 5) is 19.6. The molecule has 0 aliphatic carbocycles. The molecule has 0 spiro atoms. The quantitative estimate of drug-likeness (QED) is 0.699. The first-order chi connectivity index (χ1) is 13.6. The Morgan fingerprint density at radius 1 is 1.04 bits per heavy atom. The van der Waals surface area contributed by atoms with Crippen LogP contribution in [0.25, 0.3) is 0 Å². The number of benzene rings is 1. The highest BCUT2D eigenvalue weighted by molar-refractivity contribution is 5.78. The highest BCUT2D eigenvalue weighted by Gasteiger charge is 2.27. The minimum absolute atomic E-state index is 0.0307. The van der Waals surface area contributed by atoms with Gasteiger partial charge in [-0.2, -0.15) is 0 Å². The molecule has 2 aliphatic heterocycles. The number of piperazine rings is 1. The second-order valence-corrected chi connectivity index (χ2v) is 7.59. The van der Waals surface area contributed by atoms with E-state index in [2.05, 4.69) is 9.80 Å². The summed E-state index contributed by atoms with van der Waals surface area (Å²) >= 11 is 0. The van der Waals surface area contributed by atoms with E-state index in [9.17, 15) is 4.79 Å². The molecule has 1 aromatic rings. The Labute approximate surface area is 168 Å². The highest BCUT2D eigenvalue weighted by atomic mass is 16.5. The van der Waals surface area contributed by atoms with Gasteiger partial charge in [-0.05, 0) is 18.2 Å². The molecule has 7 heteroatoms. The van der Waals surface area contributed by atoms with Crippen LogP contribution in [-0.2, 0) is 16.1 Å². The van der Waals surface area contributed by atoms with Gasteiger partial charge in [0.25, 0.3) is 0 Å². The van der Waals surface area contributed by atoms with Crippen molar-refractivity contribution < 1.29 is 19.0 Å². The average molecular weight is 392 g/mol. The third-order valence-electron chi connectivity index (χ3n) is 5.62. The van der Waals surface area contributed by atoms with Crippen molar-refractivity contribution in [3.05, 3.63) is 23.8 Å². The first-order valence-corrected chi connectivity index (χ1v) is 10.1. The first kappa shape index (κ1) is 20.9. The number of rotatable bonds is 7. The van der Waals surface area contributed by atoms with Gasteiger partial charge in [-0.15, -0.1) is 0 Å². The molecule has 0 saturated carbocycles. The van der Waals surface area contributed by atoms with Crippen LogP contribution in [0, 0.1) is 5.92 Å². The maximum atomic E-state index is 12.8. The molecule has 1 atom stereocenters. The monoisotopic (exact) mass is 391 g/mol. The number of carbonyl (C=O) groups excluding carboxylic acids is 1. The van der Waals surface area contributed by atoms with Crippen LogP contribution in [0.1, 0.15) is 12.5 Å². The van der Waals surface area contributed by atoms with Crippen molar-refractivity contribution in [2.24, 2.45) is 5.92 Å².